The molecule has 2 N–H and O–H groups in total. The van der Waals surface area contributed by atoms with Gasteiger partial charge in [0.2, 0.25) is 15.9 Å². The summed E-state index contributed by atoms with van der Waals surface area (Å²) in [5.74, 6) is -0.356. The normalized spacial score (nSPS) is 26.4. The highest BCUT2D eigenvalue weighted by atomic mass is 32.2. The van der Waals surface area contributed by atoms with Crippen molar-refractivity contribution < 1.29 is 18.0 Å². The number of piperidine rings is 1. The lowest BCUT2D eigenvalue weighted by molar-refractivity contribution is -0.123. The number of urea groups is 1. The smallest absolute Gasteiger partial charge is 0.317 e. The number of carbonyl (C=O) groups excluding carboxylic acids is 2. The molecular weight excluding hydrogens is 392 g/mol. The molecule has 3 saturated heterocycles. The highest BCUT2D eigenvalue weighted by Crippen LogP contribution is 2.44. The van der Waals surface area contributed by atoms with Crippen molar-refractivity contribution in [2.24, 2.45) is 11.8 Å². The predicted octanol–water partition coefficient (Wildman–Crippen LogP) is 0.411. The number of nitrogens with zero attached hydrogens (tertiary/aromatic N) is 2. The SMILES string of the molecule is CS(=O)(=O)N1C[C@@H]2C(=O)NC3(CCN(C(=O)NCCc4ccccc4)CC3)[C@@H]2C1. The van der Waals surface area contributed by atoms with Crippen molar-refractivity contribution in [1.82, 2.24) is 19.8 Å². The number of hydrogen-bond donors (Lipinski definition) is 2. The summed E-state index contributed by atoms with van der Waals surface area (Å²) in [6.07, 6.45) is 3.29. The van der Waals surface area contributed by atoms with E-state index in [0.717, 1.165) is 6.42 Å². The van der Waals surface area contributed by atoms with Crippen LogP contribution < -0.4 is 10.6 Å². The van der Waals surface area contributed by atoms with E-state index in [9.17, 15) is 18.0 Å². The standard InChI is InChI=1S/C20H28N4O4S/c1-29(27,28)24-13-16-17(14-24)20(22-18(16)25)8-11-23(12-9-20)19(26)21-10-7-15-5-3-2-4-6-15/h2-6,16-17H,7-14H2,1H3,(H,21,26)(H,22,25)/t16-,17+/m0/s1. The minimum Gasteiger partial charge on any atom is -0.350 e. The quantitative estimate of drug-likeness (QED) is 0.737. The summed E-state index contributed by atoms with van der Waals surface area (Å²) in [5, 5.41) is 6.12. The lowest BCUT2D eigenvalue weighted by atomic mass is 9.75. The monoisotopic (exact) mass is 420 g/mol. The van der Waals surface area contributed by atoms with Gasteiger partial charge in [-0.25, -0.2) is 17.5 Å². The van der Waals surface area contributed by atoms with Crippen LogP contribution in [0.5, 0.6) is 0 Å². The third-order valence-corrected chi connectivity index (χ3v) is 7.89. The van der Waals surface area contributed by atoms with Crippen LogP contribution in [-0.2, 0) is 21.2 Å². The summed E-state index contributed by atoms with van der Waals surface area (Å²) < 4.78 is 25.3. The second-order valence-electron chi connectivity index (χ2n) is 8.39. The summed E-state index contributed by atoms with van der Waals surface area (Å²) in [6, 6.07) is 9.93. The molecule has 1 aromatic carbocycles. The van der Waals surface area contributed by atoms with Crippen LogP contribution in [0.2, 0.25) is 0 Å². The van der Waals surface area contributed by atoms with E-state index in [-0.39, 0.29) is 30.3 Å². The molecule has 3 heterocycles. The molecule has 1 spiro atoms. The Morgan fingerprint density at radius 3 is 2.55 bits per heavy atom. The molecule has 8 nitrogen and oxygen atoms in total. The number of nitrogens with one attached hydrogen (secondary N) is 2. The molecule has 4 rings (SSSR count). The lowest BCUT2D eigenvalue weighted by Crippen LogP contribution is -2.57. The Balaban J connectivity index is 1.32. The Hall–Kier alpha value is -2.13. The first kappa shape index (κ1) is 20.2. The number of fused-ring (bicyclic) bond motifs is 2. The number of benzene rings is 1. The molecule has 3 amide bonds. The van der Waals surface area contributed by atoms with Gasteiger partial charge in [-0.3, -0.25) is 4.79 Å². The van der Waals surface area contributed by atoms with Crippen LogP contribution in [0.15, 0.2) is 30.3 Å². The molecular formula is C20H28N4O4S. The molecule has 0 bridgehead atoms. The highest BCUT2D eigenvalue weighted by molar-refractivity contribution is 7.88. The molecule has 158 valence electrons. The van der Waals surface area contributed by atoms with Crippen LogP contribution >= 0.6 is 0 Å². The number of amides is 3. The highest BCUT2D eigenvalue weighted by Gasteiger charge is 2.58. The van der Waals surface area contributed by atoms with Crippen LogP contribution in [0.3, 0.4) is 0 Å². The zero-order chi connectivity index (χ0) is 20.6. The first-order valence-corrected chi connectivity index (χ1v) is 12.0. The minimum atomic E-state index is -3.30. The van der Waals surface area contributed by atoms with Gasteiger partial charge in [0.1, 0.15) is 0 Å². The number of rotatable bonds is 4. The van der Waals surface area contributed by atoms with Gasteiger partial charge in [-0.05, 0) is 24.8 Å². The van der Waals surface area contributed by atoms with E-state index in [1.54, 1.807) is 4.90 Å². The fraction of sp³-hybridized carbons (Fsp3) is 0.600. The predicted molar refractivity (Wildman–Crippen MR) is 109 cm³/mol. The van der Waals surface area contributed by atoms with Crippen molar-refractivity contribution in [1.29, 1.82) is 0 Å². The molecule has 2 atom stereocenters. The van der Waals surface area contributed by atoms with E-state index < -0.39 is 15.6 Å². The Bertz CT molecular complexity index is 881. The van der Waals surface area contributed by atoms with Gasteiger partial charge in [-0.2, -0.15) is 0 Å². The maximum atomic E-state index is 12.5. The molecule has 1 aromatic rings. The van der Waals surface area contributed by atoms with E-state index in [4.69, 9.17) is 0 Å². The molecule has 0 saturated carbocycles. The van der Waals surface area contributed by atoms with Crippen molar-refractivity contribution >= 4 is 22.0 Å². The van der Waals surface area contributed by atoms with Gasteiger partial charge in [0.05, 0.1) is 12.2 Å². The molecule has 3 fully saturated rings. The number of likely N-dealkylation sites (tertiary alicyclic amines) is 1. The van der Waals surface area contributed by atoms with Crippen molar-refractivity contribution in [3.8, 4) is 0 Å². The fourth-order valence-corrected chi connectivity index (χ4v) is 5.83. The van der Waals surface area contributed by atoms with Crippen molar-refractivity contribution in [2.75, 3.05) is 39.0 Å². The molecule has 3 aliphatic rings. The van der Waals surface area contributed by atoms with E-state index >= 15 is 0 Å². The maximum absolute atomic E-state index is 12.5. The number of carbonyl (C=O) groups is 2. The summed E-state index contributed by atoms with van der Waals surface area (Å²) in [7, 11) is -3.30. The first-order chi connectivity index (χ1) is 13.8. The van der Waals surface area contributed by atoms with Crippen LogP contribution in [-0.4, -0.2) is 74.1 Å². The van der Waals surface area contributed by atoms with Gasteiger partial charge in [0, 0.05) is 44.2 Å². The summed E-state index contributed by atoms with van der Waals surface area (Å²) >= 11 is 0. The van der Waals surface area contributed by atoms with Crippen LogP contribution in [0.4, 0.5) is 4.79 Å². The fourth-order valence-electron chi connectivity index (χ4n) is 4.97. The van der Waals surface area contributed by atoms with Gasteiger partial charge < -0.3 is 15.5 Å². The van der Waals surface area contributed by atoms with Gasteiger partial charge in [-0.1, -0.05) is 30.3 Å². The average molecular weight is 421 g/mol. The van der Waals surface area contributed by atoms with Crippen molar-refractivity contribution in [3.05, 3.63) is 35.9 Å². The zero-order valence-electron chi connectivity index (χ0n) is 16.6. The van der Waals surface area contributed by atoms with Crippen LogP contribution in [0, 0.1) is 11.8 Å². The summed E-state index contributed by atoms with van der Waals surface area (Å²) in [4.78, 5) is 26.8. The Labute approximate surface area is 171 Å². The van der Waals surface area contributed by atoms with E-state index in [2.05, 4.69) is 10.6 Å². The Morgan fingerprint density at radius 1 is 1.21 bits per heavy atom. The summed E-state index contributed by atoms with van der Waals surface area (Å²) in [6.45, 7) is 2.33. The van der Waals surface area contributed by atoms with E-state index in [1.165, 1.54) is 16.1 Å². The molecule has 3 aliphatic heterocycles. The van der Waals surface area contributed by atoms with E-state index in [1.807, 2.05) is 30.3 Å². The molecule has 9 heteroatoms. The lowest BCUT2D eigenvalue weighted by Gasteiger charge is -2.42. The van der Waals surface area contributed by atoms with Gasteiger partial charge in [0.15, 0.2) is 0 Å². The van der Waals surface area contributed by atoms with Gasteiger partial charge in [0.25, 0.3) is 0 Å². The first-order valence-electron chi connectivity index (χ1n) is 10.1. The number of hydrogen-bond acceptors (Lipinski definition) is 4. The van der Waals surface area contributed by atoms with Gasteiger partial charge >= 0.3 is 6.03 Å². The molecule has 29 heavy (non-hydrogen) atoms. The molecule has 0 aromatic heterocycles. The average Bonchev–Trinajstić information content (AvgIpc) is 3.24. The summed E-state index contributed by atoms with van der Waals surface area (Å²) in [5.41, 5.74) is 0.781. The Morgan fingerprint density at radius 2 is 1.90 bits per heavy atom. The maximum Gasteiger partial charge on any atom is 0.317 e. The van der Waals surface area contributed by atoms with Crippen molar-refractivity contribution in [3.63, 3.8) is 0 Å². The zero-order valence-corrected chi connectivity index (χ0v) is 17.5. The topological polar surface area (TPSA) is 98.8 Å². The van der Waals surface area contributed by atoms with Crippen LogP contribution in [0.1, 0.15) is 18.4 Å². The minimum absolute atomic E-state index is 0.0204. The second-order valence-corrected chi connectivity index (χ2v) is 10.4. The third-order valence-electron chi connectivity index (χ3n) is 6.65. The van der Waals surface area contributed by atoms with E-state index in [0.29, 0.717) is 39.0 Å². The number of sulfonamides is 1. The Kier molecular flexibility index (Phi) is 5.29. The van der Waals surface area contributed by atoms with Crippen molar-refractivity contribution in [2.45, 2.75) is 24.8 Å². The van der Waals surface area contributed by atoms with Gasteiger partial charge in [-0.15, -0.1) is 0 Å². The molecule has 0 aliphatic carbocycles. The van der Waals surface area contributed by atoms with Crippen LogP contribution in [0.25, 0.3) is 0 Å². The molecule has 0 radical (unpaired) electrons. The third kappa shape index (κ3) is 3.98. The molecule has 0 unspecified atom stereocenters. The largest absolute Gasteiger partial charge is 0.350 e. The second kappa shape index (κ2) is 7.60.